The van der Waals surface area contributed by atoms with Crippen LogP contribution in [0.1, 0.15) is 71.6 Å². The predicted molar refractivity (Wildman–Crippen MR) is 247 cm³/mol. The van der Waals surface area contributed by atoms with E-state index in [2.05, 4.69) is 209 Å². The van der Waals surface area contributed by atoms with Crippen LogP contribution in [0.25, 0.3) is 43.1 Å². The Morgan fingerprint density at radius 2 is 1.09 bits per heavy atom. The molecule has 1 nitrogen and oxygen atoms in total. The van der Waals surface area contributed by atoms with Gasteiger partial charge in [-0.25, -0.2) is 0 Å². The fourth-order valence-corrected chi connectivity index (χ4v) is 9.46. The summed E-state index contributed by atoms with van der Waals surface area (Å²) in [7, 11) is 0. The van der Waals surface area contributed by atoms with Crippen LogP contribution in [0.2, 0.25) is 0 Å². The first-order chi connectivity index (χ1) is 27.9. The average Bonchev–Trinajstić information content (AvgIpc) is 3.25. The predicted octanol–water partition coefficient (Wildman–Crippen LogP) is 15.6. The van der Waals surface area contributed by atoms with Crippen LogP contribution in [0.4, 0.5) is 17.1 Å². The lowest BCUT2D eigenvalue weighted by atomic mass is 9.76. The summed E-state index contributed by atoms with van der Waals surface area (Å²) >= 11 is 0. The van der Waals surface area contributed by atoms with Gasteiger partial charge in [0.15, 0.2) is 0 Å². The third kappa shape index (κ3) is 6.76. The van der Waals surface area contributed by atoms with E-state index in [1.807, 2.05) is 0 Å². The van der Waals surface area contributed by atoms with Gasteiger partial charge in [-0.1, -0.05) is 166 Å². The first kappa shape index (κ1) is 36.5. The fourth-order valence-electron chi connectivity index (χ4n) is 9.46. The summed E-state index contributed by atoms with van der Waals surface area (Å²) in [6.45, 7) is 11.4. The van der Waals surface area contributed by atoms with Gasteiger partial charge in [0.2, 0.25) is 0 Å². The summed E-state index contributed by atoms with van der Waals surface area (Å²) in [5.74, 6) is 0.617. The van der Waals surface area contributed by atoms with Crippen molar-refractivity contribution in [3.05, 3.63) is 209 Å². The summed E-state index contributed by atoms with van der Waals surface area (Å²) in [6, 6.07) is 64.1. The van der Waals surface area contributed by atoms with Crippen molar-refractivity contribution >= 4 is 60.2 Å². The van der Waals surface area contributed by atoms with Crippen molar-refractivity contribution in [2.24, 2.45) is 0 Å². The van der Waals surface area contributed by atoms with E-state index in [9.17, 15) is 0 Å². The highest BCUT2D eigenvalue weighted by Gasteiger charge is 2.25. The number of rotatable bonds is 10. The van der Waals surface area contributed by atoms with Gasteiger partial charge in [0, 0.05) is 16.8 Å². The Morgan fingerprint density at radius 1 is 0.456 bits per heavy atom. The third-order valence-corrected chi connectivity index (χ3v) is 12.6. The molecule has 9 aromatic rings. The molecule has 9 aromatic carbocycles. The Bertz CT molecular complexity index is 2920. The molecule has 0 aliphatic rings. The summed E-state index contributed by atoms with van der Waals surface area (Å²) in [6.07, 6.45) is 2.96. The summed E-state index contributed by atoms with van der Waals surface area (Å²) in [4.78, 5) is 2.50. The minimum Gasteiger partial charge on any atom is -0.310 e. The molecule has 0 amide bonds. The van der Waals surface area contributed by atoms with Crippen LogP contribution in [-0.2, 0) is 19.3 Å². The van der Waals surface area contributed by atoms with E-state index < -0.39 is 0 Å². The maximum Gasteiger partial charge on any atom is 0.0546 e. The Balaban J connectivity index is 1.19. The first-order valence-corrected chi connectivity index (χ1v) is 20.8. The standard InChI is InChI=1S/C56H51N/c1-6-41-18-8-10-22-50(41)53(33-40-26-30-48-37(3)16-14-20-44(48)32-40)39(5)43-27-28-46-36-56(52-24-12-11-23-51(52)54(46)35-43)57(55-25-13-9-19-42(55)7-2)47-29-31-49-38(4)17-15-21-45(49)34-47/h8-32,34-36,39,53H,6-7,33H2,1-5H3. The zero-order chi connectivity index (χ0) is 39.0. The van der Waals surface area contributed by atoms with E-state index >= 15 is 0 Å². The maximum atomic E-state index is 2.50. The van der Waals surface area contributed by atoms with E-state index in [-0.39, 0.29) is 0 Å². The highest BCUT2D eigenvalue weighted by Crippen LogP contribution is 2.45. The van der Waals surface area contributed by atoms with Gasteiger partial charge < -0.3 is 4.90 Å². The van der Waals surface area contributed by atoms with Gasteiger partial charge in [0.1, 0.15) is 0 Å². The average molecular weight is 738 g/mol. The molecule has 0 heterocycles. The van der Waals surface area contributed by atoms with Crippen LogP contribution in [-0.4, -0.2) is 0 Å². The van der Waals surface area contributed by atoms with Crippen LogP contribution in [0, 0.1) is 13.8 Å². The number of benzene rings is 9. The quantitative estimate of drug-likeness (QED) is 0.126. The number of para-hydroxylation sites is 1. The van der Waals surface area contributed by atoms with Gasteiger partial charge >= 0.3 is 0 Å². The molecular weight excluding hydrogens is 687 g/mol. The highest BCUT2D eigenvalue weighted by atomic mass is 15.1. The van der Waals surface area contributed by atoms with Crippen molar-refractivity contribution in [3.63, 3.8) is 0 Å². The van der Waals surface area contributed by atoms with Crippen LogP contribution >= 0.6 is 0 Å². The molecule has 1 heteroatoms. The Labute approximate surface area is 338 Å². The van der Waals surface area contributed by atoms with Crippen molar-refractivity contribution in [3.8, 4) is 0 Å². The van der Waals surface area contributed by atoms with Crippen molar-refractivity contribution in [1.82, 2.24) is 0 Å². The molecule has 0 saturated carbocycles. The van der Waals surface area contributed by atoms with Crippen LogP contribution < -0.4 is 4.90 Å². The van der Waals surface area contributed by atoms with E-state index in [0.717, 1.165) is 19.3 Å². The van der Waals surface area contributed by atoms with Gasteiger partial charge in [-0.2, -0.15) is 0 Å². The second-order valence-electron chi connectivity index (χ2n) is 16.0. The van der Waals surface area contributed by atoms with Crippen molar-refractivity contribution < 1.29 is 0 Å². The minimum absolute atomic E-state index is 0.294. The van der Waals surface area contributed by atoms with Crippen molar-refractivity contribution in [1.29, 1.82) is 0 Å². The second kappa shape index (κ2) is 15.4. The van der Waals surface area contributed by atoms with Crippen LogP contribution in [0.3, 0.4) is 0 Å². The Morgan fingerprint density at radius 3 is 1.84 bits per heavy atom. The van der Waals surface area contributed by atoms with E-state index in [4.69, 9.17) is 0 Å². The molecule has 0 aliphatic carbocycles. The maximum absolute atomic E-state index is 2.50. The molecule has 2 atom stereocenters. The monoisotopic (exact) mass is 737 g/mol. The molecule has 0 spiro atoms. The Hall–Kier alpha value is -6.18. The van der Waals surface area contributed by atoms with E-state index in [1.54, 1.807) is 0 Å². The summed E-state index contributed by atoms with van der Waals surface area (Å²) in [5, 5.41) is 10.3. The van der Waals surface area contributed by atoms with Gasteiger partial charge in [0.25, 0.3) is 0 Å². The fraction of sp³-hybridized carbons (Fsp3) is 0.179. The molecule has 0 aromatic heterocycles. The zero-order valence-corrected chi connectivity index (χ0v) is 33.9. The molecule has 2 unspecified atom stereocenters. The molecule has 0 saturated heterocycles. The van der Waals surface area contributed by atoms with Gasteiger partial charge in [-0.3, -0.25) is 0 Å². The summed E-state index contributed by atoms with van der Waals surface area (Å²) in [5.41, 5.74) is 13.2. The molecular formula is C56H51N. The lowest BCUT2D eigenvalue weighted by molar-refractivity contribution is 0.568. The minimum atomic E-state index is 0.294. The Kier molecular flexibility index (Phi) is 9.85. The van der Waals surface area contributed by atoms with Crippen molar-refractivity contribution in [2.75, 3.05) is 4.90 Å². The lowest BCUT2D eigenvalue weighted by Gasteiger charge is -2.30. The largest absolute Gasteiger partial charge is 0.310 e. The van der Waals surface area contributed by atoms with E-state index in [1.165, 1.54) is 99.1 Å². The SMILES string of the molecule is CCc1ccccc1C(Cc1ccc2c(C)cccc2c1)C(C)c1ccc2cc(N(c3ccc4c(C)cccc4c3)c3ccccc3CC)c3ccccc3c2c1. The molecule has 57 heavy (non-hydrogen) atoms. The summed E-state index contributed by atoms with van der Waals surface area (Å²) < 4.78 is 0. The molecule has 0 bridgehead atoms. The number of hydrogen-bond donors (Lipinski definition) is 0. The van der Waals surface area contributed by atoms with Gasteiger partial charge in [0.05, 0.1) is 5.69 Å². The van der Waals surface area contributed by atoms with Crippen LogP contribution in [0.5, 0.6) is 0 Å². The number of nitrogens with zero attached hydrogens (tertiary/aromatic N) is 1. The smallest absolute Gasteiger partial charge is 0.0546 e. The highest BCUT2D eigenvalue weighted by molar-refractivity contribution is 6.15. The number of fused-ring (bicyclic) bond motifs is 5. The lowest BCUT2D eigenvalue weighted by Crippen LogP contribution is -2.14. The van der Waals surface area contributed by atoms with Gasteiger partial charge in [-0.15, -0.1) is 0 Å². The number of anilines is 3. The third-order valence-electron chi connectivity index (χ3n) is 12.6. The van der Waals surface area contributed by atoms with Gasteiger partial charge in [-0.05, 0) is 146 Å². The number of aryl methyl sites for hydroxylation is 4. The molecule has 0 N–H and O–H groups in total. The van der Waals surface area contributed by atoms with Crippen molar-refractivity contribution in [2.45, 2.75) is 65.7 Å². The molecule has 0 fully saturated rings. The molecule has 9 rings (SSSR count). The first-order valence-electron chi connectivity index (χ1n) is 20.8. The molecule has 0 aliphatic heterocycles. The van der Waals surface area contributed by atoms with E-state index in [0.29, 0.717) is 11.8 Å². The topological polar surface area (TPSA) is 3.24 Å². The number of hydrogen-bond acceptors (Lipinski definition) is 1. The normalized spacial score (nSPS) is 12.7. The second-order valence-corrected chi connectivity index (χ2v) is 16.0. The molecule has 280 valence electrons. The van der Waals surface area contributed by atoms with Crippen LogP contribution in [0.15, 0.2) is 170 Å². The zero-order valence-electron chi connectivity index (χ0n) is 33.9. The molecule has 0 radical (unpaired) electrons.